The third-order valence-electron chi connectivity index (χ3n) is 7.60. The van der Waals surface area contributed by atoms with Crippen LogP contribution in [-0.2, 0) is 23.7 Å². The van der Waals surface area contributed by atoms with Crippen molar-refractivity contribution in [3.8, 4) is 0 Å². The Kier molecular flexibility index (Phi) is 17.5. The molecule has 1 amide bonds. The Balaban J connectivity index is 0.000000298. The minimum atomic E-state index is -1.41. The number of nitrogens with zero attached hydrogens (tertiary/aromatic N) is 4. The van der Waals surface area contributed by atoms with Crippen molar-refractivity contribution in [3.05, 3.63) is 45.0 Å². The van der Waals surface area contributed by atoms with Crippen LogP contribution in [0.25, 0.3) is 0 Å². The van der Waals surface area contributed by atoms with Gasteiger partial charge in [-0.05, 0) is 26.7 Å². The second-order valence-electron chi connectivity index (χ2n) is 11.7. The average Bonchev–Trinajstić information content (AvgIpc) is 3.48. The molecule has 0 spiro atoms. The molecule has 2 fully saturated rings. The largest absolute Gasteiger partial charge is 0.466 e. The number of aromatic nitrogens is 4. The number of nitrogens with one attached hydrogen (secondary N) is 1. The van der Waals surface area contributed by atoms with Crippen molar-refractivity contribution in [3.63, 3.8) is 0 Å². The molecule has 51 heavy (non-hydrogen) atoms. The van der Waals surface area contributed by atoms with Gasteiger partial charge in [0.1, 0.15) is 24.4 Å². The molecule has 0 unspecified atom stereocenters. The molecule has 20 heteroatoms. The number of rotatable bonds is 11. The van der Waals surface area contributed by atoms with E-state index >= 15 is 0 Å². The molecule has 4 heterocycles. The number of unbranched alkanes of at least 4 members (excludes halogenated alkanes) is 4. The van der Waals surface area contributed by atoms with Gasteiger partial charge in [-0.1, -0.05) is 39.5 Å². The summed E-state index contributed by atoms with van der Waals surface area (Å²) >= 11 is 0. The number of hydrogen-bond donors (Lipinski definition) is 6. The summed E-state index contributed by atoms with van der Waals surface area (Å²) in [7, 11) is 0. The molecule has 2 aromatic rings. The number of nitrogens with two attached hydrogens (primary N) is 1. The summed E-state index contributed by atoms with van der Waals surface area (Å²) < 4.78 is 48.8. The number of carbonyl (C=O) groups excluding carboxylic acids is 2. The first-order valence-corrected chi connectivity index (χ1v) is 16.5. The van der Waals surface area contributed by atoms with E-state index in [4.69, 9.17) is 24.7 Å². The zero-order chi connectivity index (χ0) is 38.4. The first-order valence-electron chi connectivity index (χ1n) is 16.5. The Hall–Kier alpha value is -4.08. The molecule has 0 aliphatic carbocycles. The number of halogens is 2. The molecule has 2 aromatic heterocycles. The Bertz CT molecular complexity index is 1550. The van der Waals surface area contributed by atoms with Gasteiger partial charge in [-0.2, -0.15) is 9.97 Å². The molecule has 7 N–H and O–H groups in total. The van der Waals surface area contributed by atoms with Crippen molar-refractivity contribution in [1.29, 1.82) is 0 Å². The van der Waals surface area contributed by atoms with E-state index in [-0.39, 0.29) is 12.6 Å². The van der Waals surface area contributed by atoms with Gasteiger partial charge in [0.2, 0.25) is 0 Å². The number of ether oxygens (including phenoxy) is 4. The summed E-state index contributed by atoms with van der Waals surface area (Å²) in [4.78, 5) is 51.9. The number of hydrogen-bond acceptors (Lipinski definition) is 15. The van der Waals surface area contributed by atoms with Gasteiger partial charge < -0.3 is 45.1 Å². The molecular weight excluding hydrogens is 686 g/mol. The average molecular weight is 735 g/mol. The maximum Gasteiger partial charge on any atom is 0.412 e. The molecule has 2 saturated heterocycles. The van der Waals surface area contributed by atoms with Crippen LogP contribution in [0.2, 0.25) is 0 Å². The first kappa shape index (κ1) is 43.1. The molecule has 288 valence electrons. The molecule has 0 aromatic carbocycles. The lowest BCUT2D eigenvalue weighted by Crippen LogP contribution is -2.36. The van der Waals surface area contributed by atoms with Gasteiger partial charge in [0.15, 0.2) is 35.7 Å². The fourth-order valence-electron chi connectivity index (χ4n) is 4.69. The van der Waals surface area contributed by atoms with Crippen LogP contribution < -0.4 is 22.4 Å². The summed E-state index contributed by atoms with van der Waals surface area (Å²) in [5, 5.41) is 40.7. The summed E-state index contributed by atoms with van der Waals surface area (Å²) in [6.07, 6.45) is -2.45. The SMILES string of the molecule is CCCCCOC(=O)Nc1nc(=O)n([C@@H]2O[C@H](C)[C@@H](O)[C@H]2O)cc1F.CCCCCOC(C)=O.C[C@H]1O[C@@H](n2cc(F)c(N)nc2=O)[C@H](O)[C@@H]1O. The predicted octanol–water partition coefficient (Wildman–Crippen LogP) is 1.10. The van der Waals surface area contributed by atoms with Crippen LogP contribution in [-0.4, -0.2) is 101 Å². The van der Waals surface area contributed by atoms with Gasteiger partial charge in [-0.25, -0.2) is 23.2 Å². The van der Waals surface area contributed by atoms with Crippen molar-refractivity contribution in [2.75, 3.05) is 24.3 Å². The van der Waals surface area contributed by atoms with Crippen molar-refractivity contribution in [1.82, 2.24) is 19.1 Å². The molecular formula is C31H48F2N6O12. The highest BCUT2D eigenvalue weighted by Crippen LogP contribution is 2.29. The smallest absolute Gasteiger partial charge is 0.412 e. The fraction of sp³-hybridized carbons (Fsp3) is 0.677. The number of aliphatic hydroxyl groups excluding tert-OH is 4. The normalized spacial score (nSPS) is 25.2. The Labute approximate surface area is 292 Å². The summed E-state index contributed by atoms with van der Waals surface area (Å²) in [6.45, 7) is 9.35. The molecule has 2 aliphatic rings. The number of nitrogen functional groups attached to an aromatic ring is 1. The first-order chi connectivity index (χ1) is 24.0. The second-order valence-corrected chi connectivity index (χ2v) is 11.7. The number of carbonyl (C=O) groups is 2. The number of esters is 1. The Morgan fingerprint density at radius 3 is 1.69 bits per heavy atom. The van der Waals surface area contributed by atoms with E-state index in [1.165, 1.54) is 27.2 Å². The van der Waals surface area contributed by atoms with Crippen LogP contribution in [0, 0.1) is 11.6 Å². The highest BCUT2D eigenvalue weighted by molar-refractivity contribution is 5.83. The van der Waals surface area contributed by atoms with E-state index in [0.29, 0.717) is 13.0 Å². The van der Waals surface area contributed by atoms with E-state index in [1.54, 1.807) is 0 Å². The molecule has 0 bridgehead atoms. The summed E-state index contributed by atoms with van der Waals surface area (Å²) in [5.74, 6) is -3.18. The second kappa shape index (κ2) is 20.7. The van der Waals surface area contributed by atoms with Gasteiger partial charge in [-0.15, -0.1) is 0 Å². The van der Waals surface area contributed by atoms with E-state index < -0.39 is 89.8 Å². The monoisotopic (exact) mass is 734 g/mol. The summed E-state index contributed by atoms with van der Waals surface area (Å²) in [5.41, 5.74) is 3.32. The van der Waals surface area contributed by atoms with Gasteiger partial charge in [-0.3, -0.25) is 19.2 Å². The van der Waals surface area contributed by atoms with E-state index in [0.717, 1.165) is 47.2 Å². The highest BCUT2D eigenvalue weighted by atomic mass is 19.1. The minimum Gasteiger partial charge on any atom is -0.466 e. The topological polar surface area (TPSA) is 260 Å². The van der Waals surface area contributed by atoms with Crippen molar-refractivity contribution >= 4 is 23.7 Å². The van der Waals surface area contributed by atoms with Gasteiger partial charge in [0.25, 0.3) is 0 Å². The maximum absolute atomic E-state index is 14.1. The zero-order valence-electron chi connectivity index (χ0n) is 29.1. The van der Waals surface area contributed by atoms with Crippen LogP contribution in [0.15, 0.2) is 22.0 Å². The maximum atomic E-state index is 14.1. The van der Waals surface area contributed by atoms with Crippen molar-refractivity contribution in [2.24, 2.45) is 0 Å². The van der Waals surface area contributed by atoms with E-state index in [9.17, 15) is 48.4 Å². The van der Waals surface area contributed by atoms with Crippen molar-refractivity contribution < 1.29 is 57.7 Å². The highest BCUT2D eigenvalue weighted by Gasteiger charge is 2.43. The number of anilines is 2. The van der Waals surface area contributed by atoms with E-state index in [1.807, 2.05) is 6.92 Å². The lowest BCUT2D eigenvalue weighted by molar-refractivity contribution is -0.141. The Morgan fingerprint density at radius 2 is 1.25 bits per heavy atom. The number of amides is 1. The third kappa shape index (κ3) is 12.6. The fourth-order valence-corrected chi connectivity index (χ4v) is 4.69. The lowest BCUT2D eigenvalue weighted by Gasteiger charge is -2.17. The summed E-state index contributed by atoms with van der Waals surface area (Å²) in [6, 6.07) is 0. The quantitative estimate of drug-likeness (QED) is 0.140. The van der Waals surface area contributed by atoms with Crippen molar-refractivity contribution in [2.45, 2.75) is 122 Å². The van der Waals surface area contributed by atoms with Crippen LogP contribution >= 0.6 is 0 Å². The molecule has 0 saturated carbocycles. The molecule has 18 nitrogen and oxygen atoms in total. The Morgan fingerprint density at radius 1 is 0.804 bits per heavy atom. The number of aliphatic hydroxyl groups is 4. The zero-order valence-corrected chi connectivity index (χ0v) is 29.1. The van der Waals surface area contributed by atoms with Crippen LogP contribution in [0.4, 0.5) is 25.2 Å². The minimum absolute atomic E-state index is 0.175. The molecule has 0 radical (unpaired) electrons. The van der Waals surface area contributed by atoms with Gasteiger partial charge in [0.05, 0.1) is 37.8 Å². The van der Waals surface area contributed by atoms with Gasteiger partial charge in [0, 0.05) is 6.92 Å². The van der Waals surface area contributed by atoms with Crippen LogP contribution in [0.1, 0.15) is 85.6 Å². The molecule has 2 aliphatic heterocycles. The third-order valence-corrected chi connectivity index (χ3v) is 7.60. The lowest BCUT2D eigenvalue weighted by atomic mass is 10.1. The predicted molar refractivity (Wildman–Crippen MR) is 175 cm³/mol. The van der Waals surface area contributed by atoms with E-state index in [2.05, 4.69) is 22.2 Å². The molecule has 8 atom stereocenters. The van der Waals surface area contributed by atoms with Gasteiger partial charge >= 0.3 is 23.4 Å². The van der Waals surface area contributed by atoms with Crippen LogP contribution in [0.3, 0.4) is 0 Å². The molecule has 4 rings (SSSR count). The standard InChI is InChI=1S/C15H22FN3O6.C9H12FN3O4.C7H14O2/c1-3-4-5-6-24-15(23)18-12-9(16)7-19(14(22)17-12)13-11(21)10(20)8(2)25-13;1-3-5(14)6(15)8(17-3)13-2-4(10)7(11)12-9(13)16;1-3-4-5-6-9-7(2)8/h7-8,10-11,13,20-21H,3-6H2,1-2H3,(H,17,18,22,23);2-3,5-6,8,14-15H,1H3,(H2,11,12,16);3-6H2,1-2H3/t8-,10-,11-,13-;3-,5-,6-,8-;/m11./s1. The van der Waals surface area contributed by atoms with Crippen LogP contribution in [0.5, 0.6) is 0 Å².